The summed E-state index contributed by atoms with van der Waals surface area (Å²) in [5, 5.41) is 0. The molecule has 0 radical (unpaired) electrons. The van der Waals surface area contributed by atoms with Crippen molar-refractivity contribution in [2.24, 2.45) is 5.73 Å². The van der Waals surface area contributed by atoms with E-state index in [-0.39, 0.29) is 17.7 Å². The highest BCUT2D eigenvalue weighted by atomic mass is 35.5. The molecular weight excluding hydrogens is 280 g/mol. The summed E-state index contributed by atoms with van der Waals surface area (Å²) in [5.74, 6) is 0. The van der Waals surface area contributed by atoms with Crippen molar-refractivity contribution >= 4 is 22.9 Å². The van der Waals surface area contributed by atoms with Gasteiger partial charge in [-0.25, -0.2) is 0 Å². The van der Waals surface area contributed by atoms with Gasteiger partial charge in [-0.2, -0.15) is 0 Å². The fourth-order valence-corrected chi connectivity index (χ4v) is 3.93. The molecule has 19 heavy (non-hydrogen) atoms. The molecule has 2 atom stereocenters. The van der Waals surface area contributed by atoms with Crippen LogP contribution in [0.4, 0.5) is 0 Å². The van der Waals surface area contributed by atoms with E-state index in [0.717, 1.165) is 30.5 Å². The molecule has 0 aliphatic carbocycles. The largest absolute Gasteiger partial charge is 0.373 e. The van der Waals surface area contributed by atoms with E-state index in [1.54, 1.807) is 11.3 Å². The monoisotopic (exact) mass is 302 g/mol. The molecule has 2 heterocycles. The third-order valence-corrected chi connectivity index (χ3v) is 4.91. The number of ether oxygens (including phenoxy) is 1. The molecule has 1 saturated heterocycles. The molecule has 1 aromatic heterocycles. The summed E-state index contributed by atoms with van der Waals surface area (Å²) >= 11 is 7.72. The normalized spacial score (nSPS) is 23.2. The number of nitrogens with two attached hydrogens (primary N) is 1. The minimum absolute atomic E-state index is 0.106. The summed E-state index contributed by atoms with van der Waals surface area (Å²) in [5.41, 5.74) is 6.25. The Morgan fingerprint density at radius 3 is 2.79 bits per heavy atom. The van der Waals surface area contributed by atoms with Crippen LogP contribution in [-0.4, -0.2) is 36.2 Å². The second-order valence-corrected chi connectivity index (χ2v) is 7.48. The highest BCUT2D eigenvalue weighted by Gasteiger charge is 2.34. The van der Waals surface area contributed by atoms with E-state index >= 15 is 0 Å². The van der Waals surface area contributed by atoms with Gasteiger partial charge in [0, 0.05) is 24.0 Å². The van der Waals surface area contributed by atoms with E-state index < -0.39 is 0 Å². The van der Waals surface area contributed by atoms with Gasteiger partial charge in [0.05, 0.1) is 22.6 Å². The predicted octanol–water partition coefficient (Wildman–Crippen LogP) is 3.29. The van der Waals surface area contributed by atoms with Crippen LogP contribution in [0.1, 0.15) is 38.1 Å². The SMILES string of the molecule is CCC(N)C(c1ccc(Cl)s1)N1CCOC(C)(C)C1. The molecule has 1 aliphatic rings. The molecule has 1 fully saturated rings. The lowest BCUT2D eigenvalue weighted by molar-refractivity contribution is -0.0997. The molecule has 1 aliphatic heterocycles. The van der Waals surface area contributed by atoms with Crippen molar-refractivity contribution in [3.8, 4) is 0 Å². The number of hydrogen-bond acceptors (Lipinski definition) is 4. The second-order valence-electron chi connectivity index (χ2n) is 5.74. The van der Waals surface area contributed by atoms with Crippen molar-refractivity contribution in [2.45, 2.75) is 44.9 Å². The standard InChI is InChI=1S/C14H23ClN2OS/c1-4-10(16)13(11-5-6-12(15)19-11)17-7-8-18-14(2,3)9-17/h5-6,10,13H,4,7-9,16H2,1-3H3. The Hall–Kier alpha value is -0.130. The zero-order valence-electron chi connectivity index (χ0n) is 11.9. The lowest BCUT2D eigenvalue weighted by Gasteiger charge is -2.43. The summed E-state index contributed by atoms with van der Waals surface area (Å²) in [7, 11) is 0. The molecule has 0 spiro atoms. The van der Waals surface area contributed by atoms with Gasteiger partial charge in [0.25, 0.3) is 0 Å². The molecule has 3 nitrogen and oxygen atoms in total. The Kier molecular flexibility index (Phi) is 4.90. The maximum atomic E-state index is 6.36. The predicted molar refractivity (Wildman–Crippen MR) is 81.9 cm³/mol. The van der Waals surface area contributed by atoms with Gasteiger partial charge < -0.3 is 10.5 Å². The molecule has 0 amide bonds. The third-order valence-electron chi connectivity index (χ3n) is 3.61. The maximum absolute atomic E-state index is 6.36. The van der Waals surface area contributed by atoms with Crippen molar-refractivity contribution < 1.29 is 4.74 Å². The number of hydrogen-bond donors (Lipinski definition) is 1. The molecule has 0 saturated carbocycles. The number of morpholine rings is 1. The van der Waals surface area contributed by atoms with Crippen molar-refractivity contribution in [3.63, 3.8) is 0 Å². The first-order chi connectivity index (χ1) is 8.93. The van der Waals surface area contributed by atoms with Crippen LogP contribution in [0.2, 0.25) is 4.34 Å². The topological polar surface area (TPSA) is 38.5 Å². The van der Waals surface area contributed by atoms with Gasteiger partial charge in [-0.15, -0.1) is 11.3 Å². The minimum atomic E-state index is -0.106. The fraction of sp³-hybridized carbons (Fsp3) is 0.714. The smallest absolute Gasteiger partial charge is 0.0931 e. The molecule has 0 aromatic carbocycles. The number of thiophene rings is 1. The Morgan fingerprint density at radius 1 is 1.53 bits per heavy atom. The summed E-state index contributed by atoms with van der Waals surface area (Å²) in [6.07, 6.45) is 0.956. The van der Waals surface area contributed by atoms with Crippen LogP contribution < -0.4 is 5.73 Å². The third kappa shape index (κ3) is 3.70. The van der Waals surface area contributed by atoms with Crippen molar-refractivity contribution in [1.29, 1.82) is 0 Å². The molecule has 0 bridgehead atoms. The summed E-state index contributed by atoms with van der Waals surface area (Å²) < 4.78 is 6.62. The van der Waals surface area contributed by atoms with Gasteiger partial charge >= 0.3 is 0 Å². The average molecular weight is 303 g/mol. The van der Waals surface area contributed by atoms with Crippen LogP contribution in [0, 0.1) is 0 Å². The quantitative estimate of drug-likeness (QED) is 0.927. The maximum Gasteiger partial charge on any atom is 0.0931 e. The van der Waals surface area contributed by atoms with E-state index in [1.165, 1.54) is 4.88 Å². The Labute approximate surface area is 124 Å². The van der Waals surface area contributed by atoms with Gasteiger partial charge in [-0.1, -0.05) is 18.5 Å². The molecule has 5 heteroatoms. The summed E-state index contributed by atoms with van der Waals surface area (Å²) in [6, 6.07) is 4.44. The van der Waals surface area contributed by atoms with Crippen LogP contribution in [-0.2, 0) is 4.74 Å². The van der Waals surface area contributed by atoms with Gasteiger partial charge in [0.1, 0.15) is 0 Å². The number of nitrogens with zero attached hydrogens (tertiary/aromatic N) is 1. The van der Waals surface area contributed by atoms with Crippen LogP contribution in [0.15, 0.2) is 12.1 Å². The van der Waals surface area contributed by atoms with E-state index in [4.69, 9.17) is 22.1 Å². The summed E-state index contributed by atoms with van der Waals surface area (Å²) in [4.78, 5) is 3.71. The lowest BCUT2D eigenvalue weighted by atomic mass is 9.99. The van der Waals surface area contributed by atoms with Gasteiger partial charge in [0.15, 0.2) is 0 Å². The van der Waals surface area contributed by atoms with E-state index in [9.17, 15) is 0 Å². The summed E-state index contributed by atoms with van der Waals surface area (Å²) in [6.45, 7) is 9.00. The van der Waals surface area contributed by atoms with Crippen LogP contribution in [0.3, 0.4) is 0 Å². The number of rotatable bonds is 4. The first-order valence-corrected chi connectivity index (χ1v) is 8.01. The molecule has 1 aromatic rings. The van der Waals surface area contributed by atoms with Gasteiger partial charge in [0.2, 0.25) is 0 Å². The van der Waals surface area contributed by atoms with Crippen molar-refractivity contribution in [3.05, 3.63) is 21.3 Å². The van der Waals surface area contributed by atoms with Gasteiger partial charge in [-0.05, 0) is 32.4 Å². The van der Waals surface area contributed by atoms with Crippen molar-refractivity contribution in [2.75, 3.05) is 19.7 Å². The lowest BCUT2D eigenvalue weighted by Crippen LogP contribution is -2.52. The fourth-order valence-electron chi connectivity index (χ4n) is 2.66. The Morgan fingerprint density at radius 2 is 2.26 bits per heavy atom. The molecule has 2 rings (SSSR count). The van der Waals surface area contributed by atoms with E-state index in [1.807, 2.05) is 6.07 Å². The van der Waals surface area contributed by atoms with Gasteiger partial charge in [-0.3, -0.25) is 4.90 Å². The van der Waals surface area contributed by atoms with Crippen LogP contribution in [0.25, 0.3) is 0 Å². The molecule has 108 valence electrons. The van der Waals surface area contributed by atoms with Crippen LogP contribution in [0.5, 0.6) is 0 Å². The first kappa shape index (κ1) is 15.3. The van der Waals surface area contributed by atoms with E-state index in [2.05, 4.69) is 31.7 Å². The van der Waals surface area contributed by atoms with Crippen molar-refractivity contribution in [1.82, 2.24) is 4.90 Å². The molecule has 2 unspecified atom stereocenters. The molecular formula is C14H23ClN2OS. The Bertz CT molecular complexity index is 421. The van der Waals surface area contributed by atoms with Crippen LogP contribution >= 0.6 is 22.9 Å². The zero-order valence-corrected chi connectivity index (χ0v) is 13.4. The number of halogens is 1. The second kappa shape index (κ2) is 6.10. The van der Waals surface area contributed by atoms with E-state index in [0.29, 0.717) is 0 Å². The highest BCUT2D eigenvalue weighted by molar-refractivity contribution is 7.16. The highest BCUT2D eigenvalue weighted by Crippen LogP contribution is 2.35. The zero-order chi connectivity index (χ0) is 14.0. The first-order valence-electron chi connectivity index (χ1n) is 6.82. The average Bonchev–Trinajstić information content (AvgIpc) is 2.74. The Balaban J connectivity index is 2.22. The molecule has 2 N–H and O–H groups in total. The minimum Gasteiger partial charge on any atom is -0.373 e.